The molecule has 14 heteroatoms. The zero-order chi connectivity index (χ0) is 30.5. The Morgan fingerprint density at radius 1 is 1.17 bits per heavy atom. The fraction of sp³-hybridized carbons (Fsp3) is 0.321. The largest absolute Gasteiger partial charge is 0.494 e. The van der Waals surface area contributed by atoms with E-state index in [2.05, 4.69) is 5.32 Å². The van der Waals surface area contributed by atoms with Gasteiger partial charge in [0.2, 0.25) is 5.91 Å². The van der Waals surface area contributed by atoms with Crippen molar-refractivity contribution < 1.29 is 42.3 Å². The molecule has 2 aromatic carbocycles. The van der Waals surface area contributed by atoms with Gasteiger partial charge in [-0.25, -0.2) is 14.1 Å². The summed E-state index contributed by atoms with van der Waals surface area (Å²) in [4.78, 5) is 65.1. The second-order valence-electron chi connectivity index (χ2n) is 10.8. The number of urea groups is 1. The Hall–Kier alpha value is -4.51. The number of carbonyl (C=O) groups is 5. The van der Waals surface area contributed by atoms with Gasteiger partial charge in [-0.05, 0) is 50.1 Å². The molecule has 220 valence electrons. The number of nitrogens with zero attached hydrogens (tertiary/aromatic N) is 2. The lowest BCUT2D eigenvalue weighted by Gasteiger charge is -2.27. The Bertz CT molecular complexity index is 1660. The molecular weight excluding hydrogens is 570 g/mol. The average Bonchev–Trinajstić information content (AvgIpc) is 3.61. The number of esters is 1. The third-order valence-corrected chi connectivity index (χ3v) is 8.42. The molecule has 0 aliphatic carbocycles. The molecule has 0 spiro atoms. The molecule has 1 unspecified atom stereocenters. The highest BCUT2D eigenvalue weighted by molar-refractivity contribution is 7.38. The topological polar surface area (TPSA) is 161 Å². The van der Waals surface area contributed by atoms with Crippen LogP contribution in [0.1, 0.15) is 64.0 Å². The summed E-state index contributed by atoms with van der Waals surface area (Å²) in [5.41, 5.74) is 4.93. The summed E-state index contributed by atoms with van der Waals surface area (Å²) in [5.74, 6) is -3.48. The first-order valence-electron chi connectivity index (χ1n) is 12.9. The first kappa shape index (κ1) is 29.0. The number of hydrogen-bond donors (Lipinski definition) is 2. The minimum atomic E-state index is -1.32. The highest BCUT2D eigenvalue weighted by Gasteiger charge is 2.40. The van der Waals surface area contributed by atoms with Crippen LogP contribution in [0.25, 0.3) is 11.0 Å². The van der Waals surface area contributed by atoms with Crippen LogP contribution in [0.2, 0.25) is 0 Å². The number of fused-ring (bicyclic) bond motifs is 4. The van der Waals surface area contributed by atoms with E-state index < -0.39 is 56.2 Å². The second-order valence-corrected chi connectivity index (χ2v) is 12.2. The molecular formula is C28H28FN4O8P. The van der Waals surface area contributed by atoms with Crippen LogP contribution in [-0.2, 0) is 27.4 Å². The molecule has 5 amide bonds. The monoisotopic (exact) mass is 598 g/mol. The second kappa shape index (κ2) is 10.7. The maximum absolute atomic E-state index is 15.0. The molecule has 0 bridgehead atoms. The van der Waals surface area contributed by atoms with Crippen molar-refractivity contribution in [3.63, 3.8) is 0 Å². The Morgan fingerprint density at radius 2 is 1.88 bits per heavy atom. The highest BCUT2D eigenvalue weighted by Crippen LogP contribution is 2.46. The number of halogens is 1. The number of amides is 5. The van der Waals surface area contributed by atoms with Crippen LogP contribution in [0.5, 0.6) is 5.75 Å². The Labute approximate surface area is 241 Å². The van der Waals surface area contributed by atoms with Crippen molar-refractivity contribution in [2.24, 2.45) is 11.1 Å². The molecule has 3 N–H and O–H groups in total. The van der Waals surface area contributed by atoms with E-state index in [0.29, 0.717) is 33.5 Å². The predicted octanol–water partition coefficient (Wildman–Crippen LogP) is 3.57. The van der Waals surface area contributed by atoms with Crippen LogP contribution in [0, 0.1) is 11.2 Å². The first-order valence-corrected chi connectivity index (χ1v) is 13.9. The number of methoxy groups -OCH3 is 1. The summed E-state index contributed by atoms with van der Waals surface area (Å²) in [6.07, 6.45) is 0. The van der Waals surface area contributed by atoms with Crippen molar-refractivity contribution in [1.29, 1.82) is 0 Å². The Morgan fingerprint density at radius 3 is 2.55 bits per heavy atom. The van der Waals surface area contributed by atoms with Gasteiger partial charge in [-0.2, -0.15) is 0 Å². The van der Waals surface area contributed by atoms with Crippen molar-refractivity contribution in [1.82, 2.24) is 14.9 Å². The van der Waals surface area contributed by atoms with E-state index in [1.54, 1.807) is 39.0 Å². The number of ether oxygens (including phenoxy) is 2. The third kappa shape index (κ3) is 5.04. The van der Waals surface area contributed by atoms with Gasteiger partial charge in [-0.1, -0.05) is 12.1 Å². The zero-order valence-corrected chi connectivity index (χ0v) is 24.2. The van der Waals surface area contributed by atoms with E-state index in [0.717, 1.165) is 5.56 Å². The van der Waals surface area contributed by atoms with Crippen molar-refractivity contribution in [3.8, 4) is 5.75 Å². The van der Waals surface area contributed by atoms with Crippen molar-refractivity contribution in [3.05, 3.63) is 64.2 Å². The van der Waals surface area contributed by atoms with Gasteiger partial charge in [0.1, 0.15) is 17.0 Å². The van der Waals surface area contributed by atoms with E-state index in [1.807, 2.05) is 0 Å². The van der Waals surface area contributed by atoms with Gasteiger partial charge in [0.15, 0.2) is 18.3 Å². The SMILES string of the molecule is COc1ccc2c(c1F)C(=O)N(P[C@@H](C(=O)N(COC(=O)C(C)(C)C)C(N)=O)c1cc3c4c(ccc3o1)CNC4=O)C2. The van der Waals surface area contributed by atoms with Gasteiger partial charge in [0.25, 0.3) is 11.8 Å². The van der Waals surface area contributed by atoms with E-state index in [4.69, 9.17) is 19.6 Å². The Balaban J connectivity index is 1.53. The van der Waals surface area contributed by atoms with E-state index in [1.165, 1.54) is 23.9 Å². The van der Waals surface area contributed by atoms with Gasteiger partial charge in [-0.3, -0.25) is 19.2 Å². The Kier molecular flexibility index (Phi) is 7.40. The normalized spacial score (nSPS) is 15.1. The molecule has 2 aliphatic heterocycles. The molecule has 3 heterocycles. The number of carbonyl (C=O) groups excluding carboxylic acids is 5. The number of hydrogen-bond acceptors (Lipinski definition) is 8. The van der Waals surface area contributed by atoms with Crippen LogP contribution >= 0.6 is 8.73 Å². The number of primary amides is 1. The predicted molar refractivity (Wildman–Crippen MR) is 148 cm³/mol. The maximum atomic E-state index is 15.0. The van der Waals surface area contributed by atoms with Gasteiger partial charge in [0, 0.05) is 20.7 Å². The number of nitrogens with one attached hydrogen (secondary N) is 1. The van der Waals surface area contributed by atoms with Crippen LogP contribution in [0.15, 0.2) is 34.7 Å². The van der Waals surface area contributed by atoms with Gasteiger partial charge < -0.3 is 29.6 Å². The van der Waals surface area contributed by atoms with Crippen LogP contribution in [0.4, 0.5) is 9.18 Å². The molecule has 3 aromatic rings. The fourth-order valence-corrected chi connectivity index (χ4v) is 6.06. The lowest BCUT2D eigenvalue weighted by molar-refractivity contribution is -0.158. The molecule has 0 saturated heterocycles. The number of furan rings is 1. The third-order valence-electron chi connectivity index (χ3n) is 6.96. The quantitative estimate of drug-likeness (QED) is 0.237. The van der Waals surface area contributed by atoms with Crippen LogP contribution < -0.4 is 15.8 Å². The number of rotatable bonds is 7. The molecule has 2 atom stereocenters. The zero-order valence-electron chi connectivity index (χ0n) is 23.2. The summed E-state index contributed by atoms with van der Waals surface area (Å²) in [5, 5.41) is 3.18. The van der Waals surface area contributed by atoms with Crippen LogP contribution in [0.3, 0.4) is 0 Å². The minimum absolute atomic E-state index is 0.0229. The average molecular weight is 599 g/mol. The molecule has 0 radical (unpaired) electrons. The minimum Gasteiger partial charge on any atom is -0.494 e. The van der Waals surface area contributed by atoms with Crippen molar-refractivity contribution >= 4 is 49.4 Å². The maximum Gasteiger partial charge on any atom is 0.324 e. The smallest absolute Gasteiger partial charge is 0.324 e. The van der Waals surface area contributed by atoms with Crippen LogP contribution in [-0.4, -0.2) is 53.1 Å². The number of nitrogens with two attached hydrogens (primary N) is 1. The molecule has 1 aromatic heterocycles. The standard InChI is InChI=1S/C28H28FN4O8P/c1-28(2,3)26(37)40-12-32(27(30)38)25(36)22(18-9-15-16(41-18)7-5-13-10-31-23(34)19(13)15)42-33-11-14-6-8-17(39-4)21(29)20(14)24(33)35/h5-9,22,42H,10-12H2,1-4H3,(H2,30,38)(H,31,34)/t22-/m1/s1. The number of imide groups is 1. The summed E-state index contributed by atoms with van der Waals surface area (Å²) in [6.45, 7) is 4.34. The molecule has 0 saturated carbocycles. The highest BCUT2D eigenvalue weighted by atomic mass is 31.1. The van der Waals surface area contributed by atoms with Crippen molar-refractivity contribution in [2.45, 2.75) is 39.5 Å². The van der Waals surface area contributed by atoms with Gasteiger partial charge >= 0.3 is 12.0 Å². The fourth-order valence-electron chi connectivity index (χ4n) is 4.72. The molecule has 0 fully saturated rings. The molecule has 2 aliphatic rings. The first-order chi connectivity index (χ1) is 19.8. The van der Waals surface area contributed by atoms with E-state index in [-0.39, 0.29) is 29.5 Å². The lowest BCUT2D eigenvalue weighted by Crippen LogP contribution is -2.45. The lowest BCUT2D eigenvalue weighted by atomic mass is 9.98. The molecule has 42 heavy (non-hydrogen) atoms. The molecule has 12 nitrogen and oxygen atoms in total. The van der Waals surface area contributed by atoms with E-state index >= 15 is 4.39 Å². The van der Waals surface area contributed by atoms with E-state index in [9.17, 15) is 24.0 Å². The number of benzene rings is 2. The van der Waals surface area contributed by atoms with Gasteiger partial charge in [-0.15, -0.1) is 0 Å². The van der Waals surface area contributed by atoms with Gasteiger partial charge in [0.05, 0.1) is 30.2 Å². The summed E-state index contributed by atoms with van der Waals surface area (Å²) < 4.78 is 32.5. The molecule has 5 rings (SSSR count). The summed E-state index contributed by atoms with van der Waals surface area (Å²) >= 11 is 0. The van der Waals surface area contributed by atoms with Crippen molar-refractivity contribution in [2.75, 3.05) is 13.8 Å². The summed E-state index contributed by atoms with van der Waals surface area (Å²) in [7, 11) is 0.590. The summed E-state index contributed by atoms with van der Waals surface area (Å²) in [6, 6.07) is 6.64.